The zero-order valence-electron chi connectivity index (χ0n) is 19.4. The Balaban J connectivity index is 1.44. The molecule has 3 aromatic rings. The number of ether oxygens (including phenoxy) is 1. The van der Waals surface area contributed by atoms with Crippen LogP contribution in [-0.2, 0) is 9.53 Å². The molecule has 0 saturated carbocycles. The number of para-hydroxylation sites is 1. The largest absolute Gasteiger partial charge is 0.376 e. The lowest BCUT2D eigenvalue weighted by Crippen LogP contribution is -2.40. The summed E-state index contributed by atoms with van der Waals surface area (Å²) < 4.78 is 5.59. The molecule has 2 amide bonds. The highest BCUT2D eigenvalue weighted by atomic mass is 16.5. The van der Waals surface area contributed by atoms with Gasteiger partial charge in [-0.1, -0.05) is 72.8 Å². The second-order valence-corrected chi connectivity index (χ2v) is 8.52. The van der Waals surface area contributed by atoms with E-state index >= 15 is 0 Å². The second-order valence-electron chi connectivity index (χ2n) is 8.52. The number of carbonyl (C=O) groups is 2. The van der Waals surface area contributed by atoms with Crippen molar-refractivity contribution < 1.29 is 14.3 Å². The maximum Gasteiger partial charge on any atom is 0.253 e. The van der Waals surface area contributed by atoms with Crippen molar-refractivity contribution in [2.75, 3.05) is 18.5 Å². The molecule has 0 spiro atoms. The lowest BCUT2D eigenvalue weighted by molar-refractivity contribution is -0.122. The SMILES string of the molecule is C[C@@H](Nc1ccccc1C(=O)NC[C@@H]1CCCO1)C(=O)NC(c1ccccc1)c1ccccc1. The molecule has 0 bridgehead atoms. The molecule has 0 aliphatic carbocycles. The van der Waals surface area contributed by atoms with E-state index in [0.717, 1.165) is 30.6 Å². The van der Waals surface area contributed by atoms with Gasteiger partial charge in [-0.05, 0) is 43.0 Å². The Bertz CT molecular complexity index is 1040. The van der Waals surface area contributed by atoms with Crippen LogP contribution in [0.2, 0.25) is 0 Å². The predicted octanol–water partition coefficient (Wildman–Crippen LogP) is 4.30. The molecule has 0 unspecified atom stereocenters. The highest BCUT2D eigenvalue weighted by Gasteiger charge is 2.22. The van der Waals surface area contributed by atoms with Crippen molar-refractivity contribution in [3.05, 3.63) is 102 Å². The summed E-state index contributed by atoms with van der Waals surface area (Å²) in [6, 6.07) is 26.2. The summed E-state index contributed by atoms with van der Waals surface area (Å²) in [5.74, 6) is -0.343. The molecular formula is C28H31N3O3. The van der Waals surface area contributed by atoms with E-state index in [0.29, 0.717) is 17.8 Å². The Kier molecular flexibility index (Phi) is 7.94. The fourth-order valence-corrected chi connectivity index (χ4v) is 4.13. The van der Waals surface area contributed by atoms with Gasteiger partial charge in [0.1, 0.15) is 6.04 Å². The van der Waals surface area contributed by atoms with Crippen LogP contribution >= 0.6 is 0 Å². The van der Waals surface area contributed by atoms with Gasteiger partial charge in [-0.25, -0.2) is 0 Å². The average Bonchev–Trinajstić information content (AvgIpc) is 3.41. The highest BCUT2D eigenvalue weighted by Crippen LogP contribution is 2.23. The van der Waals surface area contributed by atoms with Crippen LogP contribution in [0.5, 0.6) is 0 Å². The molecule has 2 atom stereocenters. The maximum absolute atomic E-state index is 13.2. The first-order valence-corrected chi connectivity index (χ1v) is 11.8. The van der Waals surface area contributed by atoms with Crippen LogP contribution in [0, 0.1) is 0 Å². The van der Waals surface area contributed by atoms with E-state index in [2.05, 4.69) is 16.0 Å². The minimum atomic E-state index is -0.554. The molecule has 1 fully saturated rings. The molecule has 1 aliphatic rings. The summed E-state index contributed by atoms with van der Waals surface area (Å²) in [4.78, 5) is 26.0. The summed E-state index contributed by atoms with van der Waals surface area (Å²) >= 11 is 0. The summed E-state index contributed by atoms with van der Waals surface area (Å²) in [7, 11) is 0. The standard InChI is InChI=1S/C28H31N3O3/c1-20(27(32)31-26(21-11-4-2-5-12-21)22-13-6-3-7-14-22)30-25-17-9-8-16-24(25)28(33)29-19-23-15-10-18-34-23/h2-9,11-14,16-17,20,23,26,30H,10,15,18-19H2,1H3,(H,29,33)(H,31,32)/t20-,23+/m1/s1. The second kappa shape index (κ2) is 11.5. The molecule has 34 heavy (non-hydrogen) atoms. The predicted molar refractivity (Wildman–Crippen MR) is 134 cm³/mol. The molecule has 1 saturated heterocycles. The van der Waals surface area contributed by atoms with Gasteiger partial charge in [0.05, 0.1) is 17.7 Å². The Morgan fingerprint density at radius 3 is 2.15 bits per heavy atom. The van der Waals surface area contributed by atoms with E-state index in [1.165, 1.54) is 0 Å². The van der Waals surface area contributed by atoms with E-state index in [-0.39, 0.29) is 24.0 Å². The van der Waals surface area contributed by atoms with Gasteiger partial charge in [0, 0.05) is 18.8 Å². The van der Waals surface area contributed by atoms with Gasteiger partial charge in [-0.3, -0.25) is 9.59 Å². The van der Waals surface area contributed by atoms with Gasteiger partial charge in [-0.2, -0.15) is 0 Å². The monoisotopic (exact) mass is 457 g/mol. The van der Waals surface area contributed by atoms with E-state index in [9.17, 15) is 9.59 Å². The number of benzene rings is 3. The molecule has 1 heterocycles. The first-order chi connectivity index (χ1) is 16.6. The number of rotatable bonds is 9. The van der Waals surface area contributed by atoms with Crippen LogP contribution in [0.3, 0.4) is 0 Å². The number of hydrogen-bond acceptors (Lipinski definition) is 4. The van der Waals surface area contributed by atoms with E-state index < -0.39 is 6.04 Å². The van der Waals surface area contributed by atoms with Gasteiger partial charge < -0.3 is 20.7 Å². The fourth-order valence-electron chi connectivity index (χ4n) is 4.13. The average molecular weight is 458 g/mol. The Morgan fingerprint density at radius 2 is 1.53 bits per heavy atom. The number of hydrogen-bond donors (Lipinski definition) is 3. The number of anilines is 1. The molecule has 3 aromatic carbocycles. The number of amides is 2. The van der Waals surface area contributed by atoms with Gasteiger partial charge >= 0.3 is 0 Å². The third-order valence-electron chi connectivity index (χ3n) is 6.00. The number of carbonyl (C=O) groups excluding carboxylic acids is 2. The Hall–Kier alpha value is -3.64. The Labute approximate surface area is 200 Å². The zero-order chi connectivity index (χ0) is 23.8. The summed E-state index contributed by atoms with van der Waals surface area (Å²) in [6.45, 7) is 3.03. The van der Waals surface area contributed by atoms with Crippen LogP contribution in [0.4, 0.5) is 5.69 Å². The first kappa shape index (κ1) is 23.5. The molecule has 0 aromatic heterocycles. The molecule has 1 aliphatic heterocycles. The van der Waals surface area contributed by atoms with Crippen LogP contribution < -0.4 is 16.0 Å². The fraction of sp³-hybridized carbons (Fsp3) is 0.286. The van der Waals surface area contributed by atoms with Gasteiger partial charge in [0.15, 0.2) is 0 Å². The van der Waals surface area contributed by atoms with Gasteiger partial charge in [0.2, 0.25) is 5.91 Å². The quantitative estimate of drug-likeness (QED) is 0.448. The van der Waals surface area contributed by atoms with E-state index in [4.69, 9.17) is 4.74 Å². The van der Waals surface area contributed by atoms with E-state index in [1.807, 2.05) is 78.9 Å². The minimum absolute atomic E-state index is 0.0710. The normalized spacial score (nSPS) is 16.1. The molecule has 6 nitrogen and oxygen atoms in total. The van der Waals surface area contributed by atoms with E-state index in [1.54, 1.807) is 13.0 Å². The molecular weight excluding hydrogens is 426 g/mol. The topological polar surface area (TPSA) is 79.5 Å². The Morgan fingerprint density at radius 1 is 0.912 bits per heavy atom. The van der Waals surface area contributed by atoms with Gasteiger partial charge in [-0.15, -0.1) is 0 Å². The molecule has 4 rings (SSSR count). The van der Waals surface area contributed by atoms with Crippen LogP contribution in [-0.4, -0.2) is 37.1 Å². The van der Waals surface area contributed by atoms with Crippen molar-refractivity contribution >= 4 is 17.5 Å². The molecule has 0 radical (unpaired) electrons. The van der Waals surface area contributed by atoms with Crippen molar-refractivity contribution in [3.63, 3.8) is 0 Å². The zero-order valence-corrected chi connectivity index (χ0v) is 19.4. The van der Waals surface area contributed by atoms with Crippen molar-refractivity contribution in [1.82, 2.24) is 10.6 Å². The molecule has 176 valence electrons. The van der Waals surface area contributed by atoms with Crippen molar-refractivity contribution in [2.24, 2.45) is 0 Å². The van der Waals surface area contributed by atoms with Crippen LogP contribution in [0.15, 0.2) is 84.9 Å². The summed E-state index contributed by atoms with van der Waals surface area (Å²) in [5, 5.41) is 9.34. The number of nitrogens with one attached hydrogen (secondary N) is 3. The van der Waals surface area contributed by atoms with Crippen molar-refractivity contribution in [3.8, 4) is 0 Å². The van der Waals surface area contributed by atoms with Crippen LogP contribution in [0.1, 0.15) is 47.3 Å². The third-order valence-corrected chi connectivity index (χ3v) is 6.00. The smallest absolute Gasteiger partial charge is 0.253 e. The van der Waals surface area contributed by atoms with Crippen molar-refractivity contribution in [1.29, 1.82) is 0 Å². The summed E-state index contributed by atoms with van der Waals surface area (Å²) in [6.07, 6.45) is 2.06. The minimum Gasteiger partial charge on any atom is -0.376 e. The summed E-state index contributed by atoms with van der Waals surface area (Å²) in [5.41, 5.74) is 3.13. The maximum atomic E-state index is 13.2. The van der Waals surface area contributed by atoms with Crippen LogP contribution in [0.25, 0.3) is 0 Å². The lowest BCUT2D eigenvalue weighted by atomic mass is 9.98. The lowest BCUT2D eigenvalue weighted by Gasteiger charge is -2.23. The van der Waals surface area contributed by atoms with Gasteiger partial charge in [0.25, 0.3) is 5.91 Å². The highest BCUT2D eigenvalue weighted by molar-refractivity contribution is 6.00. The molecule has 6 heteroatoms. The third kappa shape index (κ3) is 6.02. The molecule has 3 N–H and O–H groups in total. The first-order valence-electron chi connectivity index (χ1n) is 11.8. The van der Waals surface area contributed by atoms with Crippen molar-refractivity contribution in [2.45, 2.75) is 38.0 Å².